The summed E-state index contributed by atoms with van der Waals surface area (Å²) < 4.78 is 47.9. The summed E-state index contributed by atoms with van der Waals surface area (Å²) in [7, 11) is 0. The number of halogens is 3. The first-order valence-corrected chi connectivity index (χ1v) is 5.60. The molecule has 0 spiro atoms. The van der Waals surface area contributed by atoms with E-state index in [9.17, 15) is 12.9 Å². The first-order valence-electron chi connectivity index (χ1n) is 5.60. The molecular formula is C11H13BF3KO2. The second-order valence-corrected chi connectivity index (χ2v) is 4.10. The smallest absolute Gasteiger partial charge is 0.488 e. The van der Waals surface area contributed by atoms with Gasteiger partial charge in [0.2, 0.25) is 0 Å². The molecule has 0 amide bonds. The Balaban J connectivity index is 0.00000162. The third-order valence-corrected chi connectivity index (χ3v) is 2.68. The van der Waals surface area contributed by atoms with Crippen molar-refractivity contribution in [3.05, 3.63) is 24.3 Å². The Hall–Kier alpha value is 0.471. The molecule has 1 fully saturated rings. The Morgan fingerprint density at radius 3 is 2.33 bits per heavy atom. The molecule has 1 atom stereocenters. The molecule has 0 N–H and O–H groups in total. The van der Waals surface area contributed by atoms with E-state index in [4.69, 9.17) is 9.47 Å². The maximum absolute atomic E-state index is 12.4. The molecular weight excluding hydrogens is 271 g/mol. The van der Waals surface area contributed by atoms with Crippen molar-refractivity contribution in [1.82, 2.24) is 0 Å². The molecule has 1 aliphatic rings. The van der Waals surface area contributed by atoms with Crippen LogP contribution in [0.1, 0.15) is 12.8 Å². The van der Waals surface area contributed by atoms with E-state index in [1.165, 1.54) is 12.1 Å². The molecule has 1 unspecified atom stereocenters. The Bertz CT molecular complexity index is 364. The summed E-state index contributed by atoms with van der Waals surface area (Å²) in [5.41, 5.74) is -0.600. The average molecular weight is 284 g/mol. The molecule has 18 heavy (non-hydrogen) atoms. The minimum absolute atomic E-state index is 0. The van der Waals surface area contributed by atoms with E-state index in [2.05, 4.69) is 0 Å². The molecule has 0 saturated carbocycles. The van der Waals surface area contributed by atoms with E-state index < -0.39 is 12.4 Å². The number of hydrogen-bond donors (Lipinski definition) is 0. The maximum Gasteiger partial charge on any atom is 1.00 e. The van der Waals surface area contributed by atoms with Crippen LogP contribution in [0.2, 0.25) is 0 Å². The van der Waals surface area contributed by atoms with Gasteiger partial charge in [-0.15, -0.1) is 5.46 Å². The van der Waals surface area contributed by atoms with E-state index in [1.54, 1.807) is 0 Å². The molecule has 1 aromatic carbocycles. The van der Waals surface area contributed by atoms with Crippen LogP contribution >= 0.6 is 0 Å². The zero-order valence-electron chi connectivity index (χ0n) is 10.2. The zero-order chi connectivity index (χ0) is 12.3. The Kier molecular flexibility index (Phi) is 6.71. The van der Waals surface area contributed by atoms with Gasteiger partial charge in [0.05, 0.1) is 6.61 Å². The van der Waals surface area contributed by atoms with E-state index in [0.29, 0.717) is 12.4 Å². The van der Waals surface area contributed by atoms with E-state index in [1.807, 2.05) is 0 Å². The van der Waals surface area contributed by atoms with Gasteiger partial charge in [0.1, 0.15) is 11.9 Å². The molecule has 0 bridgehead atoms. The SMILES string of the molecule is F[B-](F)(F)c1ccc(OC2CCCOC2)cc1.[K+]. The van der Waals surface area contributed by atoms with Crippen LogP contribution in [0, 0.1) is 0 Å². The van der Waals surface area contributed by atoms with Gasteiger partial charge < -0.3 is 22.4 Å². The summed E-state index contributed by atoms with van der Waals surface area (Å²) in [6.45, 7) is -3.69. The second kappa shape index (κ2) is 7.31. The molecule has 1 heterocycles. The van der Waals surface area contributed by atoms with Crippen LogP contribution in [0.3, 0.4) is 0 Å². The van der Waals surface area contributed by atoms with Gasteiger partial charge in [0.15, 0.2) is 0 Å². The fraction of sp³-hybridized carbons (Fsp3) is 0.455. The predicted molar refractivity (Wildman–Crippen MR) is 59.6 cm³/mol. The predicted octanol–water partition coefficient (Wildman–Crippen LogP) is -0.697. The topological polar surface area (TPSA) is 18.5 Å². The van der Waals surface area contributed by atoms with Gasteiger partial charge in [0.25, 0.3) is 0 Å². The van der Waals surface area contributed by atoms with Crippen LogP contribution in [0.4, 0.5) is 12.9 Å². The minimum atomic E-state index is -4.92. The van der Waals surface area contributed by atoms with Crippen molar-refractivity contribution in [2.75, 3.05) is 13.2 Å². The van der Waals surface area contributed by atoms with Crippen molar-refractivity contribution >= 4 is 12.4 Å². The molecule has 7 heteroatoms. The normalized spacial score (nSPS) is 20.1. The molecule has 2 nitrogen and oxygen atoms in total. The molecule has 1 aromatic rings. The van der Waals surface area contributed by atoms with Gasteiger partial charge in [-0.25, -0.2) is 0 Å². The van der Waals surface area contributed by atoms with Crippen LogP contribution < -0.4 is 61.6 Å². The molecule has 0 aromatic heterocycles. The van der Waals surface area contributed by atoms with E-state index >= 15 is 0 Å². The van der Waals surface area contributed by atoms with Gasteiger partial charge in [0, 0.05) is 6.61 Å². The molecule has 1 aliphatic heterocycles. The first-order chi connectivity index (χ1) is 8.05. The number of benzene rings is 1. The summed E-state index contributed by atoms with van der Waals surface area (Å²) in [5, 5.41) is 0. The minimum Gasteiger partial charge on any atom is -0.488 e. The fourth-order valence-corrected chi connectivity index (χ4v) is 1.76. The molecule has 0 radical (unpaired) electrons. The average Bonchev–Trinajstić information content (AvgIpc) is 2.30. The summed E-state index contributed by atoms with van der Waals surface area (Å²) in [6.07, 6.45) is 1.75. The molecule has 94 valence electrons. The van der Waals surface area contributed by atoms with E-state index in [-0.39, 0.29) is 57.5 Å². The van der Waals surface area contributed by atoms with E-state index in [0.717, 1.165) is 31.6 Å². The van der Waals surface area contributed by atoms with Crippen LogP contribution in [-0.2, 0) is 4.74 Å². The Morgan fingerprint density at radius 1 is 1.17 bits per heavy atom. The third-order valence-electron chi connectivity index (χ3n) is 2.68. The maximum atomic E-state index is 12.4. The molecule has 2 rings (SSSR count). The summed E-state index contributed by atoms with van der Waals surface area (Å²) in [4.78, 5) is 0. The van der Waals surface area contributed by atoms with Crippen molar-refractivity contribution in [3.63, 3.8) is 0 Å². The molecule has 1 saturated heterocycles. The van der Waals surface area contributed by atoms with Crippen molar-refractivity contribution in [2.24, 2.45) is 0 Å². The number of hydrogen-bond acceptors (Lipinski definition) is 2. The van der Waals surface area contributed by atoms with Crippen molar-refractivity contribution < 1.29 is 73.8 Å². The van der Waals surface area contributed by atoms with Crippen molar-refractivity contribution in [1.29, 1.82) is 0 Å². The Morgan fingerprint density at radius 2 is 1.83 bits per heavy atom. The van der Waals surface area contributed by atoms with Crippen LogP contribution in [-0.4, -0.2) is 26.3 Å². The van der Waals surface area contributed by atoms with Gasteiger partial charge in [-0.1, -0.05) is 12.1 Å². The summed E-state index contributed by atoms with van der Waals surface area (Å²) in [5.74, 6) is 0.462. The third kappa shape index (κ3) is 4.86. The van der Waals surface area contributed by atoms with Crippen molar-refractivity contribution in [3.8, 4) is 5.75 Å². The Labute approximate surface area is 147 Å². The van der Waals surface area contributed by atoms with Gasteiger partial charge in [-0.05, 0) is 25.0 Å². The van der Waals surface area contributed by atoms with Crippen LogP contribution in [0.15, 0.2) is 24.3 Å². The summed E-state index contributed by atoms with van der Waals surface area (Å²) >= 11 is 0. The quantitative estimate of drug-likeness (QED) is 0.684. The standard InChI is InChI=1S/C11H13BF3O2.K/c13-12(14,15)9-3-5-10(6-4-9)17-11-2-1-7-16-8-11;/h3-6,11H,1-2,7-8H2;/q-1;+1. The monoisotopic (exact) mass is 284 g/mol. The fourth-order valence-electron chi connectivity index (χ4n) is 1.76. The van der Waals surface area contributed by atoms with Crippen molar-refractivity contribution in [2.45, 2.75) is 18.9 Å². The van der Waals surface area contributed by atoms with Crippen LogP contribution in [0.25, 0.3) is 0 Å². The molecule has 0 aliphatic carbocycles. The van der Waals surface area contributed by atoms with Gasteiger partial charge in [-0.2, -0.15) is 0 Å². The van der Waals surface area contributed by atoms with Gasteiger partial charge in [-0.3, -0.25) is 0 Å². The number of rotatable bonds is 3. The first kappa shape index (κ1) is 16.5. The second-order valence-electron chi connectivity index (χ2n) is 4.10. The number of ether oxygens (including phenoxy) is 2. The zero-order valence-corrected chi connectivity index (χ0v) is 13.4. The largest absolute Gasteiger partial charge is 1.00 e. The van der Waals surface area contributed by atoms with Gasteiger partial charge >= 0.3 is 58.4 Å². The summed E-state index contributed by atoms with van der Waals surface area (Å²) in [6, 6.07) is 4.83. The van der Waals surface area contributed by atoms with Crippen LogP contribution in [0.5, 0.6) is 5.75 Å².